The van der Waals surface area contributed by atoms with E-state index in [-0.39, 0.29) is 11.7 Å². The minimum atomic E-state index is -0.333. The molecule has 0 aliphatic heterocycles. The molecule has 0 spiro atoms. The normalized spacial score (nSPS) is 11.1. The Kier molecular flexibility index (Phi) is 5.78. The van der Waals surface area contributed by atoms with E-state index < -0.39 is 0 Å². The average molecular weight is 444 g/mol. The Hall–Kier alpha value is -4.84. The number of hydrogen-bond donors (Lipinski definition) is 2. The van der Waals surface area contributed by atoms with Crippen LogP contribution in [0.3, 0.4) is 0 Å². The Bertz CT molecular complexity index is 1510. The molecule has 0 saturated heterocycles. The monoisotopic (exact) mass is 444 g/mol. The predicted molar refractivity (Wildman–Crippen MR) is 134 cm³/mol. The molecule has 3 aromatic carbocycles. The van der Waals surface area contributed by atoms with E-state index in [4.69, 9.17) is 0 Å². The number of aromatic nitrogens is 3. The SMILES string of the molecule is O=C(c1cccc(NC(=O)c2ccccn2)c1)c1ccc2c(/C=C/c3ccccc3)n[nH]c2c1. The zero-order chi connectivity index (χ0) is 23.3. The lowest BCUT2D eigenvalue weighted by atomic mass is 10.0. The van der Waals surface area contributed by atoms with Crippen LogP contribution in [-0.2, 0) is 0 Å². The molecular weight excluding hydrogens is 424 g/mol. The van der Waals surface area contributed by atoms with Crippen LogP contribution in [0.25, 0.3) is 23.1 Å². The maximum atomic E-state index is 13.1. The van der Waals surface area contributed by atoms with Crippen molar-refractivity contribution in [3.05, 3.63) is 125 Å². The molecule has 5 aromatic rings. The summed E-state index contributed by atoms with van der Waals surface area (Å²) in [5.74, 6) is -0.480. The molecule has 0 unspecified atom stereocenters. The van der Waals surface area contributed by atoms with Gasteiger partial charge in [-0.3, -0.25) is 19.7 Å². The second-order valence-electron chi connectivity index (χ2n) is 7.69. The number of ketones is 1. The molecule has 164 valence electrons. The molecule has 34 heavy (non-hydrogen) atoms. The number of pyridine rings is 1. The van der Waals surface area contributed by atoms with Gasteiger partial charge in [-0.2, -0.15) is 5.10 Å². The first-order valence-corrected chi connectivity index (χ1v) is 10.8. The highest BCUT2D eigenvalue weighted by Crippen LogP contribution is 2.22. The molecule has 0 fully saturated rings. The van der Waals surface area contributed by atoms with E-state index in [0.29, 0.717) is 22.5 Å². The molecule has 0 aliphatic rings. The second-order valence-corrected chi connectivity index (χ2v) is 7.69. The summed E-state index contributed by atoms with van der Waals surface area (Å²) in [6.45, 7) is 0. The van der Waals surface area contributed by atoms with Gasteiger partial charge in [-0.15, -0.1) is 0 Å². The van der Waals surface area contributed by atoms with Crippen LogP contribution in [0.5, 0.6) is 0 Å². The lowest BCUT2D eigenvalue weighted by Gasteiger charge is -2.07. The van der Waals surface area contributed by atoms with Gasteiger partial charge in [0.25, 0.3) is 5.91 Å². The van der Waals surface area contributed by atoms with E-state index in [9.17, 15) is 9.59 Å². The summed E-state index contributed by atoms with van der Waals surface area (Å²) in [5, 5.41) is 11.1. The Morgan fingerprint density at radius 2 is 1.62 bits per heavy atom. The predicted octanol–water partition coefficient (Wildman–Crippen LogP) is 5.61. The number of carbonyl (C=O) groups excluding carboxylic acids is 2. The molecule has 2 heterocycles. The van der Waals surface area contributed by atoms with E-state index >= 15 is 0 Å². The van der Waals surface area contributed by atoms with Gasteiger partial charge in [0.15, 0.2) is 5.78 Å². The fraction of sp³-hybridized carbons (Fsp3) is 0. The highest BCUT2D eigenvalue weighted by molar-refractivity contribution is 6.11. The van der Waals surface area contributed by atoms with Gasteiger partial charge in [-0.25, -0.2) is 0 Å². The smallest absolute Gasteiger partial charge is 0.274 e. The largest absolute Gasteiger partial charge is 0.321 e. The number of rotatable bonds is 6. The van der Waals surface area contributed by atoms with Crippen LogP contribution in [0, 0.1) is 0 Å². The number of carbonyl (C=O) groups is 2. The molecule has 0 aliphatic carbocycles. The Morgan fingerprint density at radius 3 is 2.44 bits per heavy atom. The van der Waals surface area contributed by atoms with Crippen molar-refractivity contribution in [2.45, 2.75) is 0 Å². The highest BCUT2D eigenvalue weighted by atomic mass is 16.2. The molecule has 1 amide bonds. The Balaban J connectivity index is 1.36. The quantitative estimate of drug-likeness (QED) is 0.333. The van der Waals surface area contributed by atoms with Crippen molar-refractivity contribution in [2.24, 2.45) is 0 Å². The van der Waals surface area contributed by atoms with E-state index in [2.05, 4.69) is 20.5 Å². The number of aromatic amines is 1. The maximum absolute atomic E-state index is 13.1. The number of anilines is 1. The molecule has 0 atom stereocenters. The van der Waals surface area contributed by atoms with Gasteiger partial charge >= 0.3 is 0 Å². The van der Waals surface area contributed by atoms with Crippen LogP contribution in [-0.4, -0.2) is 26.9 Å². The van der Waals surface area contributed by atoms with Crippen LogP contribution in [0.2, 0.25) is 0 Å². The third kappa shape index (κ3) is 4.52. The van der Waals surface area contributed by atoms with Gasteiger partial charge in [0.1, 0.15) is 5.69 Å². The average Bonchev–Trinajstić information content (AvgIpc) is 3.30. The molecule has 0 radical (unpaired) electrons. The minimum absolute atomic E-state index is 0.146. The van der Waals surface area contributed by atoms with Crippen molar-refractivity contribution >= 4 is 40.4 Å². The molecule has 0 bridgehead atoms. The number of H-pyrrole nitrogens is 1. The fourth-order valence-corrected chi connectivity index (χ4v) is 3.65. The Labute approximate surface area is 196 Å². The first-order valence-electron chi connectivity index (χ1n) is 10.8. The molecule has 6 heteroatoms. The fourth-order valence-electron chi connectivity index (χ4n) is 3.65. The summed E-state index contributed by atoms with van der Waals surface area (Å²) >= 11 is 0. The van der Waals surface area contributed by atoms with Crippen molar-refractivity contribution in [3.8, 4) is 0 Å². The summed E-state index contributed by atoms with van der Waals surface area (Å²) in [5.41, 5.74) is 4.50. The number of nitrogens with zero attached hydrogens (tertiary/aromatic N) is 2. The summed E-state index contributed by atoms with van der Waals surface area (Å²) < 4.78 is 0. The van der Waals surface area contributed by atoms with E-state index in [1.165, 1.54) is 0 Å². The van der Waals surface area contributed by atoms with Gasteiger partial charge in [0.2, 0.25) is 0 Å². The van der Waals surface area contributed by atoms with Crippen molar-refractivity contribution in [1.29, 1.82) is 0 Å². The van der Waals surface area contributed by atoms with Gasteiger partial charge in [-0.1, -0.05) is 60.7 Å². The molecule has 2 aromatic heterocycles. The van der Waals surface area contributed by atoms with Crippen molar-refractivity contribution in [1.82, 2.24) is 15.2 Å². The zero-order valence-electron chi connectivity index (χ0n) is 18.1. The third-order valence-electron chi connectivity index (χ3n) is 5.37. The number of amides is 1. The van der Waals surface area contributed by atoms with Crippen molar-refractivity contribution in [2.75, 3.05) is 5.32 Å². The molecule has 2 N–H and O–H groups in total. The molecular formula is C28H20N4O2. The second kappa shape index (κ2) is 9.34. The van der Waals surface area contributed by atoms with Crippen molar-refractivity contribution < 1.29 is 9.59 Å². The first kappa shape index (κ1) is 21.0. The van der Waals surface area contributed by atoms with Gasteiger partial charge in [0, 0.05) is 28.4 Å². The van der Waals surface area contributed by atoms with Gasteiger partial charge < -0.3 is 5.32 Å². The summed E-state index contributed by atoms with van der Waals surface area (Å²) in [6.07, 6.45) is 5.51. The van der Waals surface area contributed by atoms with Gasteiger partial charge in [-0.05, 0) is 48.0 Å². The molecule has 0 saturated carbocycles. The lowest BCUT2D eigenvalue weighted by Crippen LogP contribution is -2.13. The summed E-state index contributed by atoms with van der Waals surface area (Å²) in [6, 6.07) is 27.5. The lowest BCUT2D eigenvalue weighted by molar-refractivity contribution is 0.101. The Morgan fingerprint density at radius 1 is 0.794 bits per heavy atom. The maximum Gasteiger partial charge on any atom is 0.274 e. The first-order chi connectivity index (χ1) is 16.7. The van der Waals surface area contributed by atoms with Crippen LogP contribution in [0.15, 0.2) is 97.2 Å². The summed E-state index contributed by atoms with van der Waals surface area (Å²) in [4.78, 5) is 29.6. The van der Waals surface area contributed by atoms with E-state index in [1.807, 2.05) is 48.6 Å². The zero-order valence-corrected chi connectivity index (χ0v) is 18.1. The van der Waals surface area contributed by atoms with Crippen LogP contribution < -0.4 is 5.32 Å². The molecule has 5 rings (SSSR count). The standard InChI is InChI=1S/C28H20N4O2/c33-27(20-9-6-10-22(17-20)30-28(34)25-11-4-5-16-29-25)21-13-14-23-24(31-32-26(23)18-21)15-12-19-7-2-1-3-8-19/h1-18H,(H,30,34)(H,31,32)/b15-12+. The summed E-state index contributed by atoms with van der Waals surface area (Å²) in [7, 11) is 0. The van der Waals surface area contributed by atoms with E-state index in [0.717, 1.165) is 22.2 Å². The number of benzene rings is 3. The van der Waals surface area contributed by atoms with Crippen LogP contribution in [0.1, 0.15) is 37.7 Å². The van der Waals surface area contributed by atoms with Crippen LogP contribution in [0.4, 0.5) is 5.69 Å². The van der Waals surface area contributed by atoms with Crippen molar-refractivity contribution in [3.63, 3.8) is 0 Å². The highest BCUT2D eigenvalue weighted by Gasteiger charge is 2.13. The van der Waals surface area contributed by atoms with E-state index in [1.54, 1.807) is 60.8 Å². The third-order valence-corrected chi connectivity index (χ3v) is 5.37. The van der Waals surface area contributed by atoms with Gasteiger partial charge in [0.05, 0.1) is 11.2 Å². The molecule has 6 nitrogen and oxygen atoms in total. The topological polar surface area (TPSA) is 87.7 Å². The number of hydrogen-bond acceptors (Lipinski definition) is 4. The number of nitrogens with one attached hydrogen (secondary N) is 2. The minimum Gasteiger partial charge on any atom is -0.321 e. The van der Waals surface area contributed by atoms with Crippen LogP contribution >= 0.6 is 0 Å². The number of fused-ring (bicyclic) bond motifs is 1.